The van der Waals surface area contributed by atoms with Crippen molar-refractivity contribution in [3.8, 4) is 0 Å². The van der Waals surface area contributed by atoms with Crippen molar-refractivity contribution in [2.45, 2.75) is 37.9 Å². The zero-order chi connectivity index (χ0) is 23.1. The Hall–Kier alpha value is -2.56. The lowest BCUT2D eigenvalue weighted by molar-refractivity contribution is -0.137. The van der Waals surface area contributed by atoms with Crippen molar-refractivity contribution in [1.29, 1.82) is 0 Å². The highest BCUT2D eigenvalue weighted by molar-refractivity contribution is 5.54. The molecule has 0 saturated carbocycles. The number of aromatic nitrogens is 2. The number of rotatable bonds is 6. The Morgan fingerprint density at radius 3 is 2.41 bits per heavy atom. The third-order valence-electron chi connectivity index (χ3n) is 6.13. The Bertz CT molecular complexity index is 956. The first kappa shape index (κ1) is 22.6. The van der Waals surface area contributed by atoms with Gasteiger partial charge in [0.05, 0.1) is 31.4 Å². The molecule has 11 heteroatoms. The highest BCUT2D eigenvalue weighted by Gasteiger charge is 2.47. The van der Waals surface area contributed by atoms with E-state index < -0.39 is 42.5 Å². The van der Waals surface area contributed by atoms with Crippen LogP contribution in [-0.2, 0) is 10.9 Å². The number of hydrogen-bond acceptors (Lipinski definition) is 5. The van der Waals surface area contributed by atoms with Crippen LogP contribution in [-0.4, -0.2) is 42.2 Å². The molecule has 0 bridgehead atoms. The summed E-state index contributed by atoms with van der Waals surface area (Å²) in [6.07, 6.45) is -3.32. The molecule has 0 radical (unpaired) electrons. The topological polar surface area (TPSA) is 50.3 Å². The van der Waals surface area contributed by atoms with E-state index in [1.165, 1.54) is 0 Å². The van der Waals surface area contributed by atoms with Crippen LogP contribution in [0.3, 0.4) is 0 Å². The Balaban J connectivity index is 1.60. The van der Waals surface area contributed by atoms with Crippen LogP contribution in [0.4, 0.5) is 38.0 Å². The molecular weight excluding hydrogens is 438 g/mol. The fourth-order valence-corrected chi connectivity index (χ4v) is 4.01. The lowest BCUT2D eigenvalue weighted by Crippen LogP contribution is -2.47. The van der Waals surface area contributed by atoms with Crippen LogP contribution in [0, 0.1) is 11.2 Å². The molecule has 2 aliphatic rings. The van der Waals surface area contributed by atoms with Gasteiger partial charge in [-0.3, -0.25) is 0 Å². The van der Waals surface area contributed by atoms with E-state index in [0.717, 1.165) is 41.9 Å². The third-order valence-corrected chi connectivity index (χ3v) is 6.13. The molecule has 5 nitrogen and oxygen atoms in total. The number of halogens is 6. The standard InChI is InChI=1S/C21H22F6N4O/c1-2-19(10-32-11-19)8-28-17-16(22)18(30-12-29-17)31-9-20(23,24)7-15(31)13-3-5-14(6-4-13)21(25,26)27/h3-6,12,15H,2,7-11H2,1H3,(H,28,29,30). The fraction of sp³-hybridized carbons (Fsp3) is 0.524. The van der Waals surface area contributed by atoms with Crippen LogP contribution in [0.15, 0.2) is 30.6 Å². The summed E-state index contributed by atoms with van der Waals surface area (Å²) in [5.74, 6) is -4.47. The van der Waals surface area contributed by atoms with Crippen LogP contribution in [0.25, 0.3) is 0 Å². The average molecular weight is 460 g/mol. The van der Waals surface area contributed by atoms with Crippen molar-refractivity contribution in [1.82, 2.24) is 9.97 Å². The molecule has 2 aromatic rings. The van der Waals surface area contributed by atoms with Crippen molar-refractivity contribution < 1.29 is 31.1 Å². The number of nitrogens with one attached hydrogen (secondary N) is 1. The first-order valence-electron chi connectivity index (χ1n) is 10.2. The molecule has 1 N–H and O–H groups in total. The van der Waals surface area contributed by atoms with Gasteiger partial charge in [-0.1, -0.05) is 19.1 Å². The van der Waals surface area contributed by atoms with Gasteiger partial charge in [-0.25, -0.2) is 18.7 Å². The third kappa shape index (κ3) is 4.35. The molecule has 32 heavy (non-hydrogen) atoms. The maximum absolute atomic E-state index is 15.2. The smallest absolute Gasteiger partial charge is 0.380 e. The number of hydrogen-bond donors (Lipinski definition) is 1. The number of ether oxygens (including phenoxy) is 1. The minimum absolute atomic E-state index is 0.115. The molecule has 4 rings (SSSR count). The van der Waals surface area contributed by atoms with Crippen LogP contribution in [0.1, 0.15) is 36.9 Å². The van der Waals surface area contributed by atoms with E-state index in [0.29, 0.717) is 19.8 Å². The van der Waals surface area contributed by atoms with E-state index in [9.17, 15) is 22.0 Å². The van der Waals surface area contributed by atoms with Gasteiger partial charge in [-0.2, -0.15) is 17.6 Å². The predicted molar refractivity (Wildman–Crippen MR) is 105 cm³/mol. The first-order valence-corrected chi connectivity index (χ1v) is 10.2. The van der Waals surface area contributed by atoms with Gasteiger partial charge in [0.1, 0.15) is 6.33 Å². The number of benzene rings is 1. The summed E-state index contributed by atoms with van der Waals surface area (Å²) in [4.78, 5) is 8.87. The molecule has 1 aromatic carbocycles. The van der Waals surface area contributed by atoms with Gasteiger partial charge in [-0.05, 0) is 24.1 Å². The van der Waals surface area contributed by atoms with Gasteiger partial charge >= 0.3 is 6.18 Å². The first-order chi connectivity index (χ1) is 15.0. The van der Waals surface area contributed by atoms with Crippen molar-refractivity contribution >= 4 is 11.6 Å². The van der Waals surface area contributed by atoms with Gasteiger partial charge in [0.15, 0.2) is 11.6 Å². The molecule has 174 valence electrons. The summed E-state index contributed by atoms with van der Waals surface area (Å²) < 4.78 is 87.7. The van der Waals surface area contributed by atoms with Crippen LogP contribution in [0.5, 0.6) is 0 Å². The molecule has 1 aromatic heterocycles. The van der Waals surface area contributed by atoms with Crippen molar-refractivity contribution in [2.24, 2.45) is 5.41 Å². The van der Waals surface area contributed by atoms with Gasteiger partial charge in [-0.15, -0.1) is 0 Å². The van der Waals surface area contributed by atoms with Crippen molar-refractivity contribution in [2.75, 3.05) is 36.5 Å². The van der Waals surface area contributed by atoms with Gasteiger partial charge in [0.2, 0.25) is 5.82 Å². The second-order valence-electron chi connectivity index (χ2n) is 8.38. The van der Waals surface area contributed by atoms with Gasteiger partial charge in [0, 0.05) is 18.4 Å². The minimum Gasteiger partial charge on any atom is -0.380 e. The molecular formula is C21H22F6N4O. The maximum Gasteiger partial charge on any atom is 0.416 e. The number of anilines is 2. The van der Waals surface area contributed by atoms with Crippen LogP contribution >= 0.6 is 0 Å². The lowest BCUT2D eigenvalue weighted by Gasteiger charge is -2.41. The average Bonchev–Trinajstić information content (AvgIpc) is 3.03. The zero-order valence-corrected chi connectivity index (χ0v) is 17.2. The number of alkyl halides is 5. The summed E-state index contributed by atoms with van der Waals surface area (Å²) in [5.41, 5.74) is -0.803. The number of nitrogens with zero attached hydrogens (tertiary/aromatic N) is 3. The molecule has 1 unspecified atom stereocenters. The van der Waals surface area contributed by atoms with Crippen LogP contribution in [0.2, 0.25) is 0 Å². The normalized spacial score (nSPS) is 22.0. The molecule has 0 spiro atoms. The molecule has 0 aliphatic carbocycles. The monoisotopic (exact) mass is 460 g/mol. The second-order valence-corrected chi connectivity index (χ2v) is 8.38. The Labute approximate surface area is 180 Å². The highest BCUT2D eigenvalue weighted by Crippen LogP contribution is 2.44. The molecule has 3 heterocycles. The van der Waals surface area contributed by atoms with E-state index in [1.807, 2.05) is 6.92 Å². The molecule has 2 saturated heterocycles. The van der Waals surface area contributed by atoms with E-state index >= 15 is 4.39 Å². The summed E-state index contributed by atoms with van der Waals surface area (Å²) >= 11 is 0. The van der Waals surface area contributed by atoms with Gasteiger partial charge < -0.3 is 15.0 Å². The van der Waals surface area contributed by atoms with Crippen LogP contribution < -0.4 is 10.2 Å². The summed E-state index contributed by atoms with van der Waals surface area (Å²) in [7, 11) is 0. The molecule has 2 aliphatic heterocycles. The summed E-state index contributed by atoms with van der Waals surface area (Å²) in [6, 6.07) is 2.91. The van der Waals surface area contributed by atoms with Gasteiger partial charge in [0.25, 0.3) is 5.92 Å². The maximum atomic E-state index is 15.2. The fourth-order valence-electron chi connectivity index (χ4n) is 4.01. The van der Waals surface area contributed by atoms with E-state index in [1.54, 1.807) is 0 Å². The largest absolute Gasteiger partial charge is 0.416 e. The predicted octanol–water partition coefficient (Wildman–Crippen LogP) is 5.06. The molecule has 0 amide bonds. The Kier molecular flexibility index (Phi) is 5.72. The summed E-state index contributed by atoms with van der Waals surface area (Å²) in [5, 5.41) is 2.92. The van der Waals surface area contributed by atoms with E-state index in [4.69, 9.17) is 4.74 Å². The molecule has 1 atom stereocenters. The van der Waals surface area contributed by atoms with Crippen molar-refractivity contribution in [3.05, 3.63) is 47.5 Å². The quantitative estimate of drug-likeness (QED) is 0.611. The zero-order valence-electron chi connectivity index (χ0n) is 17.2. The molecule has 2 fully saturated rings. The Morgan fingerprint density at radius 2 is 1.84 bits per heavy atom. The highest BCUT2D eigenvalue weighted by atomic mass is 19.4. The van der Waals surface area contributed by atoms with E-state index in [2.05, 4.69) is 15.3 Å². The summed E-state index contributed by atoms with van der Waals surface area (Å²) in [6.45, 7) is 2.65. The Morgan fingerprint density at radius 1 is 1.16 bits per heavy atom. The minimum atomic E-state index is -4.54. The van der Waals surface area contributed by atoms with Crippen molar-refractivity contribution in [3.63, 3.8) is 0 Å². The van der Waals surface area contributed by atoms with E-state index in [-0.39, 0.29) is 22.6 Å². The second kappa shape index (κ2) is 8.09. The SMILES string of the molecule is CCC1(CNc2ncnc(N3CC(F)(F)CC3c3ccc(C(F)(F)F)cc3)c2F)COC1. The lowest BCUT2D eigenvalue weighted by atomic mass is 9.83.